The van der Waals surface area contributed by atoms with Crippen LogP contribution in [0, 0.1) is 5.92 Å². The molecule has 0 aromatic heterocycles. The number of hydrogen-bond donors (Lipinski definition) is 1. The van der Waals surface area contributed by atoms with Gasteiger partial charge in [0.25, 0.3) is 0 Å². The van der Waals surface area contributed by atoms with Crippen LogP contribution in [0.2, 0.25) is 0 Å². The molecule has 1 aromatic carbocycles. The summed E-state index contributed by atoms with van der Waals surface area (Å²) in [7, 11) is 1.40. The average Bonchev–Trinajstić information content (AvgIpc) is 2.48. The molecule has 0 saturated carbocycles. The molecule has 110 valence electrons. The quantitative estimate of drug-likeness (QED) is 0.857. The van der Waals surface area contributed by atoms with Gasteiger partial charge in [0.2, 0.25) is 0 Å². The fourth-order valence-electron chi connectivity index (χ4n) is 2.96. The normalized spacial score (nSPS) is 21.4. The Hall–Kier alpha value is -1.39. The van der Waals surface area contributed by atoms with Crippen LogP contribution in [-0.2, 0) is 4.74 Å². The van der Waals surface area contributed by atoms with Gasteiger partial charge < -0.3 is 10.5 Å². The highest BCUT2D eigenvalue weighted by Gasteiger charge is 2.24. The molecule has 0 spiro atoms. The van der Waals surface area contributed by atoms with Gasteiger partial charge in [0.15, 0.2) is 0 Å². The summed E-state index contributed by atoms with van der Waals surface area (Å²) in [5.74, 6) is 0.430. The number of hydrogen-bond acceptors (Lipinski definition) is 4. The van der Waals surface area contributed by atoms with Crippen LogP contribution < -0.4 is 5.73 Å². The maximum Gasteiger partial charge on any atom is 0.337 e. The molecule has 1 aliphatic heterocycles. The van der Waals surface area contributed by atoms with E-state index >= 15 is 0 Å². The first kappa shape index (κ1) is 15.0. The standard InChI is InChI=1S/C16H24N2O2/c1-12-4-3-9-18(11-12)15(10-17)13-5-7-14(8-6-13)16(19)20-2/h5-8,12,15H,3-4,9-11,17H2,1-2H3. The lowest BCUT2D eigenvalue weighted by Crippen LogP contribution is -2.40. The molecular weight excluding hydrogens is 252 g/mol. The van der Waals surface area contributed by atoms with Crippen molar-refractivity contribution in [1.82, 2.24) is 4.90 Å². The van der Waals surface area contributed by atoms with Crippen LogP contribution in [0.3, 0.4) is 0 Å². The van der Waals surface area contributed by atoms with Gasteiger partial charge in [0, 0.05) is 19.1 Å². The van der Waals surface area contributed by atoms with Crippen LogP contribution in [-0.4, -0.2) is 37.6 Å². The topological polar surface area (TPSA) is 55.6 Å². The fourth-order valence-corrected chi connectivity index (χ4v) is 2.96. The molecule has 0 amide bonds. The summed E-state index contributed by atoms with van der Waals surface area (Å²) in [6.07, 6.45) is 2.53. The molecule has 4 heteroatoms. The molecule has 1 heterocycles. The van der Waals surface area contributed by atoms with Gasteiger partial charge in [0.05, 0.1) is 12.7 Å². The summed E-state index contributed by atoms with van der Waals surface area (Å²) in [6.45, 7) is 5.09. The Balaban J connectivity index is 2.12. The van der Waals surface area contributed by atoms with Gasteiger partial charge in [0.1, 0.15) is 0 Å². The van der Waals surface area contributed by atoms with Gasteiger partial charge in [-0.1, -0.05) is 19.1 Å². The van der Waals surface area contributed by atoms with Crippen molar-refractivity contribution in [3.8, 4) is 0 Å². The minimum absolute atomic E-state index is 0.240. The molecule has 1 saturated heterocycles. The number of carbonyl (C=O) groups excluding carboxylic acids is 1. The third-order valence-corrected chi connectivity index (χ3v) is 4.07. The van der Waals surface area contributed by atoms with E-state index in [0.29, 0.717) is 12.1 Å². The summed E-state index contributed by atoms with van der Waals surface area (Å²) < 4.78 is 4.72. The summed E-state index contributed by atoms with van der Waals surface area (Å²) in [4.78, 5) is 13.9. The Kier molecular flexibility index (Phi) is 5.15. The molecule has 1 aliphatic rings. The van der Waals surface area contributed by atoms with E-state index in [0.717, 1.165) is 19.0 Å². The molecule has 1 fully saturated rings. The molecule has 1 aromatic rings. The number of carbonyl (C=O) groups is 1. The molecule has 2 atom stereocenters. The minimum Gasteiger partial charge on any atom is -0.465 e. The zero-order valence-corrected chi connectivity index (χ0v) is 12.3. The number of rotatable bonds is 4. The first-order valence-corrected chi connectivity index (χ1v) is 7.28. The molecule has 2 unspecified atom stereocenters. The SMILES string of the molecule is COC(=O)c1ccc(C(CN)N2CCCC(C)C2)cc1. The van der Waals surface area contributed by atoms with Gasteiger partial charge in [-0.2, -0.15) is 0 Å². The van der Waals surface area contributed by atoms with Gasteiger partial charge in [-0.15, -0.1) is 0 Å². The van der Waals surface area contributed by atoms with Crippen molar-refractivity contribution >= 4 is 5.97 Å². The number of nitrogens with zero attached hydrogens (tertiary/aromatic N) is 1. The zero-order valence-electron chi connectivity index (χ0n) is 12.3. The minimum atomic E-state index is -0.299. The van der Waals surface area contributed by atoms with Crippen molar-refractivity contribution in [1.29, 1.82) is 0 Å². The predicted molar refractivity (Wildman–Crippen MR) is 79.5 cm³/mol. The van der Waals surface area contributed by atoms with E-state index in [2.05, 4.69) is 11.8 Å². The van der Waals surface area contributed by atoms with E-state index in [4.69, 9.17) is 10.5 Å². The van der Waals surface area contributed by atoms with E-state index in [9.17, 15) is 4.79 Å². The number of esters is 1. The van der Waals surface area contributed by atoms with Gasteiger partial charge in [-0.3, -0.25) is 4.90 Å². The van der Waals surface area contributed by atoms with Crippen molar-refractivity contribution < 1.29 is 9.53 Å². The Morgan fingerprint density at radius 2 is 2.15 bits per heavy atom. The van der Waals surface area contributed by atoms with Crippen LogP contribution >= 0.6 is 0 Å². The number of ether oxygens (including phenoxy) is 1. The summed E-state index contributed by atoms with van der Waals surface area (Å²) in [5, 5.41) is 0. The lowest BCUT2D eigenvalue weighted by molar-refractivity contribution is 0.0600. The van der Waals surface area contributed by atoms with Crippen molar-refractivity contribution in [2.45, 2.75) is 25.8 Å². The summed E-state index contributed by atoms with van der Waals surface area (Å²) >= 11 is 0. The molecule has 0 radical (unpaired) electrons. The second-order valence-electron chi connectivity index (χ2n) is 5.61. The van der Waals surface area contributed by atoms with Crippen molar-refractivity contribution in [2.24, 2.45) is 11.7 Å². The van der Waals surface area contributed by atoms with Crippen LogP contribution in [0.25, 0.3) is 0 Å². The molecule has 2 N–H and O–H groups in total. The van der Waals surface area contributed by atoms with E-state index in [1.54, 1.807) is 0 Å². The predicted octanol–water partition coefficient (Wildman–Crippen LogP) is 2.20. The van der Waals surface area contributed by atoms with Crippen LogP contribution in [0.5, 0.6) is 0 Å². The van der Waals surface area contributed by atoms with Crippen LogP contribution in [0.1, 0.15) is 41.7 Å². The average molecular weight is 276 g/mol. The Morgan fingerprint density at radius 3 is 2.70 bits per heavy atom. The number of likely N-dealkylation sites (tertiary alicyclic amines) is 1. The monoisotopic (exact) mass is 276 g/mol. The van der Waals surface area contributed by atoms with Crippen LogP contribution in [0.4, 0.5) is 0 Å². The third-order valence-electron chi connectivity index (χ3n) is 4.07. The lowest BCUT2D eigenvalue weighted by Gasteiger charge is -2.37. The van der Waals surface area contributed by atoms with Crippen molar-refractivity contribution in [3.05, 3.63) is 35.4 Å². The van der Waals surface area contributed by atoms with Gasteiger partial charge >= 0.3 is 5.97 Å². The largest absolute Gasteiger partial charge is 0.465 e. The third kappa shape index (κ3) is 3.38. The molecule has 0 aliphatic carbocycles. The van der Waals surface area contributed by atoms with E-state index in [-0.39, 0.29) is 12.0 Å². The number of benzene rings is 1. The van der Waals surface area contributed by atoms with E-state index < -0.39 is 0 Å². The lowest BCUT2D eigenvalue weighted by atomic mass is 9.96. The smallest absolute Gasteiger partial charge is 0.337 e. The molecule has 2 rings (SSSR count). The van der Waals surface area contributed by atoms with Gasteiger partial charge in [-0.25, -0.2) is 4.79 Å². The van der Waals surface area contributed by atoms with E-state index in [1.165, 1.54) is 25.5 Å². The highest BCUT2D eigenvalue weighted by atomic mass is 16.5. The van der Waals surface area contributed by atoms with Crippen LogP contribution in [0.15, 0.2) is 24.3 Å². The highest BCUT2D eigenvalue weighted by molar-refractivity contribution is 5.89. The first-order valence-electron chi connectivity index (χ1n) is 7.28. The first-order chi connectivity index (χ1) is 9.65. The van der Waals surface area contributed by atoms with Crippen molar-refractivity contribution in [2.75, 3.05) is 26.7 Å². The molecule has 20 heavy (non-hydrogen) atoms. The maximum absolute atomic E-state index is 11.5. The number of piperidine rings is 1. The number of methoxy groups -OCH3 is 1. The Morgan fingerprint density at radius 1 is 1.45 bits per heavy atom. The van der Waals surface area contributed by atoms with Crippen molar-refractivity contribution in [3.63, 3.8) is 0 Å². The molecular formula is C16H24N2O2. The summed E-state index contributed by atoms with van der Waals surface area (Å²) in [5.41, 5.74) is 7.73. The zero-order chi connectivity index (χ0) is 14.5. The Labute approximate surface area is 120 Å². The fraction of sp³-hybridized carbons (Fsp3) is 0.562. The van der Waals surface area contributed by atoms with E-state index in [1.807, 2.05) is 24.3 Å². The second kappa shape index (κ2) is 6.86. The molecule has 4 nitrogen and oxygen atoms in total. The van der Waals surface area contributed by atoms with Gasteiger partial charge in [-0.05, 0) is 43.0 Å². The maximum atomic E-state index is 11.5. The molecule has 0 bridgehead atoms. The number of nitrogens with two attached hydrogens (primary N) is 1. The second-order valence-corrected chi connectivity index (χ2v) is 5.61. The Bertz CT molecular complexity index is 444. The highest BCUT2D eigenvalue weighted by Crippen LogP contribution is 2.26. The summed E-state index contributed by atoms with van der Waals surface area (Å²) in [6, 6.07) is 7.85.